The van der Waals surface area contributed by atoms with Crippen LogP contribution in [0.15, 0.2) is 0 Å². The van der Waals surface area contributed by atoms with Gasteiger partial charge in [0, 0.05) is 19.6 Å². The number of hydrogen-bond acceptors (Lipinski definition) is 4. The standard InChI is InChI=1S/C7H14ClNO3Si/c1-7-6-9-2-4-10-13(8,12-7)11-5-3-9/h7H,2-6H2,1H3. The van der Waals surface area contributed by atoms with E-state index in [4.69, 9.17) is 24.4 Å². The molecule has 3 rings (SSSR count). The molecular weight excluding hydrogens is 210 g/mol. The van der Waals surface area contributed by atoms with Crippen LogP contribution in [0.4, 0.5) is 0 Å². The summed E-state index contributed by atoms with van der Waals surface area (Å²) in [5, 5.41) is 0. The van der Waals surface area contributed by atoms with E-state index in [1.54, 1.807) is 0 Å². The molecule has 4 nitrogen and oxygen atoms in total. The minimum absolute atomic E-state index is 0.102. The molecule has 76 valence electrons. The van der Waals surface area contributed by atoms with Gasteiger partial charge in [-0.25, -0.2) is 0 Å². The van der Waals surface area contributed by atoms with Gasteiger partial charge < -0.3 is 13.3 Å². The third-order valence-electron chi connectivity index (χ3n) is 2.22. The second-order valence-corrected chi connectivity index (χ2v) is 6.57. The van der Waals surface area contributed by atoms with Crippen LogP contribution >= 0.6 is 11.1 Å². The predicted molar refractivity (Wildman–Crippen MR) is 50.5 cm³/mol. The van der Waals surface area contributed by atoms with Gasteiger partial charge in [0.2, 0.25) is 0 Å². The average Bonchev–Trinajstić information content (AvgIpc) is 1.96. The Morgan fingerprint density at radius 2 is 1.92 bits per heavy atom. The Hall–Kier alpha value is 0.347. The first-order chi connectivity index (χ1) is 6.18. The van der Waals surface area contributed by atoms with Crippen molar-refractivity contribution in [2.75, 3.05) is 32.8 Å². The number of rotatable bonds is 0. The van der Waals surface area contributed by atoms with E-state index in [1.165, 1.54) is 0 Å². The Kier molecular flexibility index (Phi) is 2.92. The van der Waals surface area contributed by atoms with E-state index in [-0.39, 0.29) is 6.10 Å². The van der Waals surface area contributed by atoms with Gasteiger partial charge in [0.1, 0.15) is 0 Å². The van der Waals surface area contributed by atoms with Crippen molar-refractivity contribution in [3.05, 3.63) is 0 Å². The summed E-state index contributed by atoms with van der Waals surface area (Å²) < 4.78 is 16.4. The normalized spacial score (nSPS) is 46.6. The Morgan fingerprint density at radius 3 is 2.54 bits per heavy atom. The lowest BCUT2D eigenvalue weighted by Gasteiger charge is -2.37. The van der Waals surface area contributed by atoms with Crippen LogP contribution in [0.2, 0.25) is 0 Å². The highest BCUT2D eigenvalue weighted by molar-refractivity contribution is 7.09. The van der Waals surface area contributed by atoms with Crippen LogP contribution in [-0.2, 0) is 13.3 Å². The van der Waals surface area contributed by atoms with Gasteiger partial charge in [0.05, 0.1) is 19.3 Å². The third kappa shape index (κ3) is 2.43. The Balaban J connectivity index is 2.11. The van der Waals surface area contributed by atoms with E-state index in [2.05, 4.69) is 4.90 Å². The summed E-state index contributed by atoms with van der Waals surface area (Å²) in [6, 6.07) is 0. The fourth-order valence-corrected chi connectivity index (χ4v) is 4.00. The van der Waals surface area contributed by atoms with Crippen molar-refractivity contribution in [1.82, 2.24) is 4.90 Å². The van der Waals surface area contributed by atoms with Crippen molar-refractivity contribution in [2.24, 2.45) is 0 Å². The molecular formula is C7H14ClNO3Si. The Labute approximate surface area is 83.8 Å². The van der Waals surface area contributed by atoms with Crippen LogP contribution in [0.3, 0.4) is 0 Å². The lowest BCUT2D eigenvalue weighted by Crippen LogP contribution is -2.54. The molecule has 3 aliphatic heterocycles. The SMILES string of the molecule is CC1CN2CCO[Si](Cl)(OCC2)O1. The molecule has 0 N–H and O–H groups in total. The zero-order chi connectivity index (χ0) is 9.31. The highest BCUT2D eigenvalue weighted by atomic mass is 35.6. The van der Waals surface area contributed by atoms with Gasteiger partial charge in [-0.2, -0.15) is 0 Å². The molecule has 0 aromatic rings. The van der Waals surface area contributed by atoms with E-state index in [0.717, 1.165) is 19.6 Å². The lowest BCUT2D eigenvalue weighted by atomic mass is 10.3. The van der Waals surface area contributed by atoms with Gasteiger partial charge in [-0.15, -0.1) is 0 Å². The number of nitrogens with zero attached hydrogens (tertiary/aromatic N) is 1. The van der Waals surface area contributed by atoms with Gasteiger partial charge in [-0.3, -0.25) is 4.90 Å². The van der Waals surface area contributed by atoms with E-state index < -0.39 is 8.11 Å². The van der Waals surface area contributed by atoms with E-state index >= 15 is 0 Å². The van der Waals surface area contributed by atoms with Crippen LogP contribution in [0, 0.1) is 0 Å². The minimum Gasteiger partial charge on any atom is -0.360 e. The molecule has 0 aromatic carbocycles. The van der Waals surface area contributed by atoms with Crippen molar-refractivity contribution in [3.63, 3.8) is 0 Å². The molecule has 3 heterocycles. The van der Waals surface area contributed by atoms with Gasteiger partial charge in [-0.05, 0) is 6.92 Å². The molecule has 3 aliphatic rings. The highest BCUT2D eigenvalue weighted by Gasteiger charge is 2.44. The molecule has 0 aliphatic carbocycles. The van der Waals surface area contributed by atoms with E-state index in [0.29, 0.717) is 13.2 Å². The van der Waals surface area contributed by atoms with Crippen molar-refractivity contribution in [2.45, 2.75) is 13.0 Å². The van der Waals surface area contributed by atoms with Crippen molar-refractivity contribution in [1.29, 1.82) is 0 Å². The summed E-state index contributed by atoms with van der Waals surface area (Å²) in [7, 11) is -2.80. The van der Waals surface area contributed by atoms with Gasteiger partial charge in [-0.1, -0.05) is 11.1 Å². The summed E-state index contributed by atoms with van der Waals surface area (Å²) in [5.74, 6) is 0. The van der Waals surface area contributed by atoms with Crippen molar-refractivity contribution >= 4 is 19.2 Å². The molecule has 0 spiro atoms. The van der Waals surface area contributed by atoms with Crippen LogP contribution in [0.25, 0.3) is 0 Å². The number of halogens is 1. The molecule has 3 fully saturated rings. The minimum atomic E-state index is -2.80. The topological polar surface area (TPSA) is 30.9 Å². The lowest BCUT2D eigenvalue weighted by molar-refractivity contribution is -0.0213. The van der Waals surface area contributed by atoms with Crippen molar-refractivity contribution in [3.8, 4) is 0 Å². The molecule has 0 amide bonds. The monoisotopic (exact) mass is 223 g/mol. The maximum Gasteiger partial charge on any atom is 0.613 e. The summed E-state index contributed by atoms with van der Waals surface area (Å²) in [6.45, 7) is 6.01. The maximum atomic E-state index is 6.13. The fraction of sp³-hybridized carbons (Fsp3) is 1.00. The zero-order valence-electron chi connectivity index (χ0n) is 7.66. The molecule has 0 saturated carbocycles. The van der Waals surface area contributed by atoms with Crippen LogP contribution in [0.1, 0.15) is 6.92 Å². The Morgan fingerprint density at radius 1 is 1.31 bits per heavy atom. The average molecular weight is 224 g/mol. The second-order valence-electron chi connectivity index (χ2n) is 3.41. The molecule has 1 atom stereocenters. The van der Waals surface area contributed by atoms with Gasteiger partial charge in [0.15, 0.2) is 0 Å². The molecule has 3 saturated heterocycles. The number of fused-ring (bicyclic) bond motifs is 6. The van der Waals surface area contributed by atoms with Crippen LogP contribution in [-0.4, -0.2) is 52.0 Å². The number of hydrogen-bond donors (Lipinski definition) is 0. The second kappa shape index (κ2) is 3.84. The molecule has 0 aromatic heterocycles. The van der Waals surface area contributed by atoms with E-state index in [1.807, 2.05) is 6.92 Å². The van der Waals surface area contributed by atoms with Crippen molar-refractivity contribution < 1.29 is 13.3 Å². The quantitative estimate of drug-likeness (QED) is 0.440. The summed E-state index contributed by atoms with van der Waals surface area (Å²) >= 11 is 6.13. The first-order valence-electron chi connectivity index (χ1n) is 4.55. The Bertz CT molecular complexity index is 185. The smallest absolute Gasteiger partial charge is 0.360 e. The van der Waals surface area contributed by atoms with Crippen LogP contribution < -0.4 is 0 Å². The maximum absolute atomic E-state index is 6.13. The molecule has 1 unspecified atom stereocenters. The predicted octanol–water partition coefficient (Wildman–Crippen LogP) is 0.428. The third-order valence-corrected chi connectivity index (χ3v) is 4.92. The summed E-state index contributed by atoms with van der Waals surface area (Å²) in [6.07, 6.45) is 0.102. The highest BCUT2D eigenvalue weighted by Crippen LogP contribution is 2.22. The largest absolute Gasteiger partial charge is 0.613 e. The van der Waals surface area contributed by atoms with Gasteiger partial charge >= 0.3 is 8.11 Å². The molecule has 0 radical (unpaired) electrons. The van der Waals surface area contributed by atoms with E-state index in [9.17, 15) is 0 Å². The first-order valence-corrected chi connectivity index (χ1v) is 7.29. The van der Waals surface area contributed by atoms with Gasteiger partial charge in [0.25, 0.3) is 0 Å². The zero-order valence-corrected chi connectivity index (χ0v) is 9.42. The molecule has 6 heteroatoms. The summed E-state index contributed by atoms with van der Waals surface area (Å²) in [5.41, 5.74) is 0. The van der Waals surface area contributed by atoms with Crippen LogP contribution in [0.5, 0.6) is 0 Å². The molecule has 13 heavy (non-hydrogen) atoms. The summed E-state index contributed by atoms with van der Waals surface area (Å²) in [4.78, 5) is 2.27. The first kappa shape index (κ1) is 9.89. The fourth-order valence-electron chi connectivity index (χ4n) is 1.64. The molecule has 2 bridgehead atoms.